The Morgan fingerprint density at radius 2 is 1.67 bits per heavy atom. The summed E-state index contributed by atoms with van der Waals surface area (Å²) in [6.45, 7) is 0. The average Bonchev–Trinajstić information content (AvgIpc) is 2.58. The standard InChI is InChI=1S/C11H9F3N2O2/c12-11(13,14)6-1-2-8(7(15)5-6)16-9(17)3-4-10(16)18/h1-2,5H,3-4,15H2. The topological polar surface area (TPSA) is 63.4 Å². The number of carbonyl (C=O) groups is 2. The molecule has 1 heterocycles. The normalized spacial score (nSPS) is 16.5. The van der Waals surface area contributed by atoms with Crippen LogP contribution in [0.4, 0.5) is 24.5 Å². The Kier molecular flexibility index (Phi) is 2.76. The number of hydrogen-bond acceptors (Lipinski definition) is 3. The number of benzene rings is 1. The zero-order valence-corrected chi connectivity index (χ0v) is 9.12. The maximum absolute atomic E-state index is 12.4. The zero-order valence-electron chi connectivity index (χ0n) is 9.12. The Bertz CT molecular complexity index is 510. The van der Waals surface area contributed by atoms with Gasteiger partial charge < -0.3 is 5.73 Å². The molecule has 0 unspecified atom stereocenters. The van der Waals surface area contributed by atoms with Gasteiger partial charge in [-0.15, -0.1) is 0 Å². The number of imide groups is 1. The third-order valence-electron chi connectivity index (χ3n) is 2.65. The van der Waals surface area contributed by atoms with E-state index in [0.29, 0.717) is 6.07 Å². The largest absolute Gasteiger partial charge is 0.416 e. The van der Waals surface area contributed by atoms with E-state index in [9.17, 15) is 22.8 Å². The fraction of sp³-hybridized carbons (Fsp3) is 0.273. The molecular weight excluding hydrogens is 249 g/mol. The van der Waals surface area contributed by atoms with Crippen LogP contribution in [0.3, 0.4) is 0 Å². The summed E-state index contributed by atoms with van der Waals surface area (Å²) in [7, 11) is 0. The number of amides is 2. The Balaban J connectivity index is 2.42. The molecule has 4 nitrogen and oxygen atoms in total. The molecule has 0 aromatic heterocycles. The van der Waals surface area contributed by atoms with Crippen LogP contribution in [0.2, 0.25) is 0 Å². The molecule has 1 fully saturated rings. The summed E-state index contributed by atoms with van der Waals surface area (Å²) in [5.74, 6) is -0.905. The van der Waals surface area contributed by atoms with Crippen LogP contribution in [0.1, 0.15) is 18.4 Å². The summed E-state index contributed by atoms with van der Waals surface area (Å²) in [6, 6.07) is 2.55. The highest BCUT2D eigenvalue weighted by atomic mass is 19.4. The Morgan fingerprint density at radius 3 is 2.11 bits per heavy atom. The van der Waals surface area contributed by atoms with Crippen molar-refractivity contribution in [1.82, 2.24) is 0 Å². The quantitative estimate of drug-likeness (QED) is 0.618. The number of rotatable bonds is 1. The molecule has 0 aliphatic carbocycles. The molecule has 18 heavy (non-hydrogen) atoms. The fourth-order valence-electron chi connectivity index (χ4n) is 1.78. The molecule has 1 aliphatic heterocycles. The van der Waals surface area contributed by atoms with Gasteiger partial charge in [-0.05, 0) is 18.2 Å². The number of nitrogens with two attached hydrogens (primary N) is 1. The maximum Gasteiger partial charge on any atom is 0.416 e. The molecular formula is C11H9F3N2O2. The van der Waals surface area contributed by atoms with Crippen molar-refractivity contribution < 1.29 is 22.8 Å². The number of alkyl halides is 3. The first kappa shape index (κ1) is 12.4. The van der Waals surface area contributed by atoms with Crippen LogP contribution in [0.15, 0.2) is 18.2 Å². The van der Waals surface area contributed by atoms with Gasteiger partial charge in [-0.3, -0.25) is 9.59 Å². The van der Waals surface area contributed by atoms with Crippen LogP contribution in [-0.2, 0) is 15.8 Å². The lowest BCUT2D eigenvalue weighted by atomic mass is 10.1. The molecule has 7 heteroatoms. The van der Waals surface area contributed by atoms with Crippen LogP contribution in [0.5, 0.6) is 0 Å². The van der Waals surface area contributed by atoms with Gasteiger partial charge in [0.1, 0.15) is 0 Å². The average molecular weight is 258 g/mol. The van der Waals surface area contributed by atoms with E-state index < -0.39 is 23.6 Å². The molecule has 0 bridgehead atoms. The fourth-order valence-corrected chi connectivity index (χ4v) is 1.78. The molecule has 0 saturated carbocycles. The van der Waals surface area contributed by atoms with E-state index in [4.69, 9.17) is 5.73 Å². The van der Waals surface area contributed by atoms with Crippen molar-refractivity contribution in [2.45, 2.75) is 19.0 Å². The molecule has 2 N–H and O–H groups in total. The molecule has 1 saturated heterocycles. The highest BCUT2D eigenvalue weighted by molar-refractivity contribution is 6.21. The lowest BCUT2D eigenvalue weighted by molar-refractivity contribution is -0.137. The first-order valence-corrected chi connectivity index (χ1v) is 5.13. The minimum Gasteiger partial charge on any atom is -0.397 e. The van der Waals surface area contributed by atoms with Crippen molar-refractivity contribution in [2.24, 2.45) is 0 Å². The minimum absolute atomic E-state index is 0.00972. The van der Waals surface area contributed by atoms with E-state index in [1.807, 2.05) is 0 Å². The molecule has 0 atom stereocenters. The van der Waals surface area contributed by atoms with Crippen LogP contribution in [0.25, 0.3) is 0 Å². The number of halogens is 3. The second-order valence-corrected chi connectivity index (χ2v) is 3.89. The predicted molar refractivity (Wildman–Crippen MR) is 57.6 cm³/mol. The summed E-state index contributed by atoms with van der Waals surface area (Å²) in [4.78, 5) is 23.7. The van der Waals surface area contributed by atoms with E-state index in [2.05, 4.69) is 0 Å². The van der Waals surface area contributed by atoms with Crippen molar-refractivity contribution in [3.8, 4) is 0 Å². The van der Waals surface area contributed by atoms with Gasteiger partial charge in [-0.1, -0.05) is 0 Å². The molecule has 0 radical (unpaired) electrons. The van der Waals surface area contributed by atoms with Crippen LogP contribution in [0, 0.1) is 0 Å². The van der Waals surface area contributed by atoms with Crippen LogP contribution in [-0.4, -0.2) is 11.8 Å². The SMILES string of the molecule is Nc1cc(C(F)(F)F)ccc1N1C(=O)CCC1=O. The minimum atomic E-state index is -4.51. The Labute approximate surface area is 100 Å². The highest BCUT2D eigenvalue weighted by Crippen LogP contribution is 2.35. The van der Waals surface area contributed by atoms with Gasteiger partial charge >= 0.3 is 6.18 Å². The molecule has 96 valence electrons. The maximum atomic E-state index is 12.4. The van der Waals surface area contributed by atoms with Crippen molar-refractivity contribution in [1.29, 1.82) is 0 Å². The lowest BCUT2D eigenvalue weighted by Gasteiger charge is -2.17. The summed E-state index contributed by atoms with van der Waals surface area (Å²) in [5.41, 5.74) is 4.33. The van der Waals surface area contributed by atoms with Crippen LogP contribution < -0.4 is 10.6 Å². The molecule has 0 spiro atoms. The number of nitrogen functional groups attached to an aromatic ring is 1. The summed E-state index contributed by atoms with van der Waals surface area (Å²) >= 11 is 0. The Hall–Kier alpha value is -2.05. The van der Waals surface area contributed by atoms with Gasteiger partial charge in [-0.2, -0.15) is 13.2 Å². The second kappa shape index (κ2) is 4.01. The second-order valence-electron chi connectivity index (χ2n) is 3.89. The van der Waals surface area contributed by atoms with Gasteiger partial charge in [0.05, 0.1) is 16.9 Å². The molecule has 2 rings (SSSR count). The lowest BCUT2D eigenvalue weighted by Crippen LogP contribution is -2.29. The number of anilines is 2. The van der Waals surface area contributed by atoms with Crippen LogP contribution >= 0.6 is 0 Å². The van der Waals surface area contributed by atoms with E-state index in [1.54, 1.807) is 0 Å². The third kappa shape index (κ3) is 2.03. The van der Waals surface area contributed by atoms with Crippen molar-refractivity contribution in [3.63, 3.8) is 0 Å². The number of nitrogens with zero attached hydrogens (tertiary/aromatic N) is 1. The smallest absolute Gasteiger partial charge is 0.397 e. The van der Waals surface area contributed by atoms with Gasteiger partial charge in [-0.25, -0.2) is 4.90 Å². The van der Waals surface area contributed by atoms with Crippen molar-refractivity contribution in [2.75, 3.05) is 10.6 Å². The van der Waals surface area contributed by atoms with Gasteiger partial charge in [0.2, 0.25) is 11.8 Å². The van der Waals surface area contributed by atoms with E-state index in [1.165, 1.54) is 0 Å². The number of hydrogen-bond donors (Lipinski definition) is 1. The van der Waals surface area contributed by atoms with Gasteiger partial charge in [0, 0.05) is 12.8 Å². The van der Waals surface area contributed by atoms with E-state index in [-0.39, 0.29) is 24.2 Å². The predicted octanol–water partition coefficient (Wildman–Crippen LogP) is 1.94. The van der Waals surface area contributed by atoms with Crippen molar-refractivity contribution in [3.05, 3.63) is 23.8 Å². The third-order valence-corrected chi connectivity index (χ3v) is 2.65. The zero-order chi connectivity index (χ0) is 13.5. The summed E-state index contributed by atoms with van der Waals surface area (Å²) in [5, 5.41) is 0. The van der Waals surface area contributed by atoms with E-state index in [0.717, 1.165) is 17.0 Å². The molecule has 1 aliphatic rings. The molecule has 2 amide bonds. The monoisotopic (exact) mass is 258 g/mol. The van der Waals surface area contributed by atoms with Gasteiger partial charge in [0.15, 0.2) is 0 Å². The molecule has 1 aromatic rings. The first-order valence-electron chi connectivity index (χ1n) is 5.13. The van der Waals surface area contributed by atoms with Gasteiger partial charge in [0.25, 0.3) is 0 Å². The Morgan fingerprint density at radius 1 is 1.11 bits per heavy atom. The summed E-state index contributed by atoms with van der Waals surface area (Å²) < 4.78 is 37.3. The highest BCUT2D eigenvalue weighted by Gasteiger charge is 2.34. The van der Waals surface area contributed by atoms with E-state index >= 15 is 0 Å². The first-order chi connectivity index (χ1) is 8.30. The summed E-state index contributed by atoms with van der Waals surface area (Å²) in [6.07, 6.45) is -4.40. The van der Waals surface area contributed by atoms with Crippen molar-refractivity contribution >= 4 is 23.2 Å². The number of carbonyl (C=O) groups excluding carboxylic acids is 2. The molecule has 1 aromatic carbocycles.